The number of aromatic nitrogens is 6. The number of nitrogens with one attached hydrogen (secondary N) is 1. The number of aromatic amines is 1. The Morgan fingerprint density at radius 3 is 2.84 bits per heavy atom. The average molecular weight is 435 g/mol. The van der Waals surface area contributed by atoms with Crippen molar-refractivity contribution < 1.29 is 4.42 Å². The smallest absolute Gasteiger partial charge is 0.294 e. The quantitative estimate of drug-likeness (QED) is 0.396. The van der Waals surface area contributed by atoms with Crippen molar-refractivity contribution in [3.8, 4) is 0 Å². The Bertz CT molecular complexity index is 1480. The van der Waals surface area contributed by atoms with Crippen molar-refractivity contribution in [2.45, 2.75) is 50.9 Å². The molecule has 4 aromatic heterocycles. The monoisotopic (exact) mass is 434 g/mol. The standard InChI is InChI=1S/C22H22N6O2S/c1-4-5-8-14-12(2)23-21-26-22(27-28(21)13(14)3)31-11-17-24-18-15-9-6-7-10-16(15)30-19(18)20(29)25-17/h6-7,9-10H,4-5,8,11H2,1-3H3,(H,24,25,29). The van der Waals surface area contributed by atoms with Crippen LogP contribution in [0.3, 0.4) is 0 Å². The first-order chi connectivity index (χ1) is 15.0. The highest BCUT2D eigenvalue weighted by atomic mass is 32.2. The minimum absolute atomic E-state index is 0.246. The molecule has 0 radical (unpaired) electrons. The number of nitrogens with zero attached hydrogens (tertiary/aromatic N) is 5. The van der Waals surface area contributed by atoms with Gasteiger partial charge in [0.1, 0.15) is 16.9 Å². The van der Waals surface area contributed by atoms with E-state index in [0.717, 1.165) is 36.0 Å². The number of thioether (sulfide) groups is 1. The maximum absolute atomic E-state index is 12.5. The highest BCUT2D eigenvalue weighted by molar-refractivity contribution is 7.98. The second-order valence-corrected chi connectivity index (χ2v) is 8.49. The molecule has 0 aliphatic rings. The van der Waals surface area contributed by atoms with Gasteiger partial charge in [0.2, 0.25) is 10.7 Å². The van der Waals surface area contributed by atoms with E-state index >= 15 is 0 Å². The third kappa shape index (κ3) is 3.48. The molecule has 0 fully saturated rings. The lowest BCUT2D eigenvalue weighted by molar-refractivity contribution is 0.660. The molecule has 0 aliphatic heterocycles. The molecule has 0 unspecified atom stereocenters. The van der Waals surface area contributed by atoms with Crippen molar-refractivity contribution in [3.63, 3.8) is 0 Å². The maximum Gasteiger partial charge on any atom is 0.294 e. The highest BCUT2D eigenvalue weighted by Crippen LogP contribution is 2.26. The lowest BCUT2D eigenvalue weighted by atomic mass is 10.1. The van der Waals surface area contributed by atoms with Crippen molar-refractivity contribution in [1.82, 2.24) is 29.5 Å². The topological polar surface area (TPSA) is 102 Å². The predicted molar refractivity (Wildman–Crippen MR) is 121 cm³/mol. The van der Waals surface area contributed by atoms with E-state index in [9.17, 15) is 4.79 Å². The van der Waals surface area contributed by atoms with Gasteiger partial charge in [-0.15, -0.1) is 5.10 Å². The minimum atomic E-state index is -0.284. The third-order valence-electron chi connectivity index (χ3n) is 5.43. The molecule has 0 saturated heterocycles. The molecule has 4 heterocycles. The summed E-state index contributed by atoms with van der Waals surface area (Å²) in [5, 5.41) is 6.06. The molecule has 5 rings (SSSR count). The van der Waals surface area contributed by atoms with Gasteiger partial charge in [-0.3, -0.25) is 4.79 Å². The molecule has 0 spiro atoms. The SMILES string of the molecule is CCCCc1c(C)nc2nc(SCc3nc4c(oc5ccccc54)c(=O)[nH]3)nn2c1C. The number of H-pyrrole nitrogens is 1. The molecular formula is C22H22N6O2S. The summed E-state index contributed by atoms with van der Waals surface area (Å²) < 4.78 is 7.46. The van der Waals surface area contributed by atoms with Crippen LogP contribution in [0.2, 0.25) is 0 Å². The van der Waals surface area contributed by atoms with Gasteiger partial charge in [0.25, 0.3) is 11.3 Å². The molecule has 0 aliphatic carbocycles. The highest BCUT2D eigenvalue weighted by Gasteiger charge is 2.16. The number of fused-ring (bicyclic) bond motifs is 4. The minimum Gasteiger partial charge on any atom is -0.449 e. The number of furan rings is 1. The molecule has 1 N–H and O–H groups in total. The van der Waals surface area contributed by atoms with Crippen LogP contribution >= 0.6 is 11.8 Å². The Morgan fingerprint density at radius 1 is 1.16 bits per heavy atom. The Labute approximate surface area is 182 Å². The first kappa shape index (κ1) is 19.7. The van der Waals surface area contributed by atoms with Gasteiger partial charge in [0.05, 0.1) is 5.75 Å². The number of unbranched alkanes of at least 4 members (excludes halogenated alkanes) is 1. The van der Waals surface area contributed by atoms with Gasteiger partial charge >= 0.3 is 0 Å². The summed E-state index contributed by atoms with van der Waals surface area (Å²) in [6.07, 6.45) is 3.25. The molecule has 5 aromatic rings. The summed E-state index contributed by atoms with van der Waals surface area (Å²) in [6.45, 7) is 6.27. The zero-order chi connectivity index (χ0) is 21.5. The summed E-state index contributed by atoms with van der Waals surface area (Å²) in [7, 11) is 0. The molecule has 0 bridgehead atoms. The van der Waals surface area contributed by atoms with E-state index < -0.39 is 0 Å². The maximum atomic E-state index is 12.5. The summed E-state index contributed by atoms with van der Waals surface area (Å²) >= 11 is 1.42. The summed E-state index contributed by atoms with van der Waals surface area (Å²) in [5.74, 6) is 1.58. The zero-order valence-electron chi connectivity index (χ0n) is 17.6. The fraction of sp³-hybridized carbons (Fsp3) is 0.318. The lowest BCUT2D eigenvalue weighted by Crippen LogP contribution is -2.10. The molecular weight excluding hydrogens is 412 g/mol. The van der Waals surface area contributed by atoms with Gasteiger partial charge in [0.15, 0.2) is 0 Å². The largest absolute Gasteiger partial charge is 0.449 e. The van der Waals surface area contributed by atoms with Gasteiger partial charge in [-0.25, -0.2) is 14.5 Å². The molecule has 1 aromatic carbocycles. The fourth-order valence-corrected chi connectivity index (χ4v) is 4.50. The molecule has 0 atom stereocenters. The fourth-order valence-electron chi connectivity index (χ4n) is 3.82. The summed E-state index contributed by atoms with van der Waals surface area (Å²) in [4.78, 5) is 29.1. The van der Waals surface area contributed by atoms with Crippen molar-refractivity contribution >= 4 is 39.6 Å². The van der Waals surface area contributed by atoms with Crippen LogP contribution < -0.4 is 5.56 Å². The average Bonchev–Trinajstić information content (AvgIpc) is 3.34. The Morgan fingerprint density at radius 2 is 2.00 bits per heavy atom. The van der Waals surface area contributed by atoms with Crippen LogP contribution in [0.1, 0.15) is 42.5 Å². The number of rotatable bonds is 6. The summed E-state index contributed by atoms with van der Waals surface area (Å²) in [5.41, 5.74) is 4.51. The number of hydrogen-bond donors (Lipinski definition) is 1. The van der Waals surface area contributed by atoms with E-state index in [-0.39, 0.29) is 11.1 Å². The van der Waals surface area contributed by atoms with Crippen LogP contribution in [-0.4, -0.2) is 29.5 Å². The number of para-hydroxylation sites is 1. The summed E-state index contributed by atoms with van der Waals surface area (Å²) in [6, 6.07) is 7.51. The Balaban J connectivity index is 1.45. The molecule has 158 valence electrons. The van der Waals surface area contributed by atoms with Crippen molar-refractivity contribution in [2.24, 2.45) is 0 Å². The third-order valence-corrected chi connectivity index (χ3v) is 6.28. The van der Waals surface area contributed by atoms with Crippen molar-refractivity contribution in [1.29, 1.82) is 0 Å². The van der Waals surface area contributed by atoms with Crippen molar-refractivity contribution in [2.75, 3.05) is 0 Å². The van der Waals surface area contributed by atoms with Gasteiger partial charge < -0.3 is 9.40 Å². The number of hydrogen-bond acceptors (Lipinski definition) is 7. The van der Waals surface area contributed by atoms with E-state index in [1.807, 2.05) is 35.7 Å². The second-order valence-electron chi connectivity index (χ2n) is 7.55. The van der Waals surface area contributed by atoms with Crippen LogP contribution in [-0.2, 0) is 12.2 Å². The first-order valence-electron chi connectivity index (χ1n) is 10.3. The van der Waals surface area contributed by atoms with E-state index in [4.69, 9.17) is 4.42 Å². The van der Waals surface area contributed by atoms with Crippen LogP contribution in [0, 0.1) is 13.8 Å². The van der Waals surface area contributed by atoms with Crippen LogP contribution in [0.15, 0.2) is 38.6 Å². The first-order valence-corrected chi connectivity index (χ1v) is 11.3. The van der Waals surface area contributed by atoms with Crippen molar-refractivity contribution in [3.05, 3.63) is 57.4 Å². The lowest BCUT2D eigenvalue weighted by Gasteiger charge is -2.09. The Hall–Kier alpha value is -3.20. The molecule has 0 saturated carbocycles. The van der Waals surface area contributed by atoms with Gasteiger partial charge in [0, 0.05) is 16.8 Å². The van der Waals surface area contributed by atoms with Gasteiger partial charge in [-0.05, 0) is 44.4 Å². The van der Waals surface area contributed by atoms with E-state index in [2.05, 4.69) is 38.9 Å². The second kappa shape index (κ2) is 7.81. The normalized spacial score (nSPS) is 11.8. The van der Waals surface area contributed by atoms with Gasteiger partial charge in [-0.2, -0.15) is 4.98 Å². The Kier molecular flexibility index (Phi) is 4.97. The molecule has 9 heteroatoms. The van der Waals surface area contributed by atoms with E-state index in [1.165, 1.54) is 17.3 Å². The van der Waals surface area contributed by atoms with Gasteiger partial charge in [-0.1, -0.05) is 37.2 Å². The molecule has 8 nitrogen and oxygen atoms in total. The predicted octanol–water partition coefficient (Wildman–Crippen LogP) is 4.36. The number of benzene rings is 1. The molecule has 31 heavy (non-hydrogen) atoms. The van der Waals surface area contributed by atoms with E-state index in [1.54, 1.807) is 0 Å². The number of aryl methyl sites for hydroxylation is 2. The zero-order valence-corrected chi connectivity index (χ0v) is 18.4. The van der Waals surface area contributed by atoms with E-state index in [0.29, 0.717) is 33.6 Å². The van der Waals surface area contributed by atoms with Crippen LogP contribution in [0.25, 0.3) is 27.8 Å². The van der Waals surface area contributed by atoms with Crippen LogP contribution in [0.5, 0.6) is 0 Å². The molecule has 0 amide bonds. The van der Waals surface area contributed by atoms with Crippen LogP contribution in [0.4, 0.5) is 0 Å².